The molecule has 2 aliphatic heterocycles. The summed E-state index contributed by atoms with van der Waals surface area (Å²) in [6.07, 6.45) is 0.381. The Morgan fingerprint density at radius 3 is 2.65 bits per heavy atom. The van der Waals surface area contributed by atoms with Crippen molar-refractivity contribution >= 4 is 45.8 Å². The predicted molar refractivity (Wildman–Crippen MR) is 132 cm³/mol. The van der Waals surface area contributed by atoms with Gasteiger partial charge in [-0.15, -0.1) is 0 Å². The van der Waals surface area contributed by atoms with Crippen molar-refractivity contribution in [2.75, 3.05) is 24.7 Å². The Hall–Kier alpha value is -3.22. The molecule has 4 aromatic rings. The molecule has 1 unspecified atom stereocenters. The van der Waals surface area contributed by atoms with E-state index in [9.17, 15) is 4.79 Å². The van der Waals surface area contributed by atoms with Crippen LogP contribution in [0.2, 0.25) is 10.0 Å². The topological polar surface area (TPSA) is 56.6 Å². The van der Waals surface area contributed by atoms with E-state index in [2.05, 4.69) is 4.57 Å². The largest absolute Gasteiger partial charge is 0.486 e. The number of halogens is 2. The number of amides is 1. The van der Waals surface area contributed by atoms with E-state index < -0.39 is 0 Å². The Morgan fingerprint density at radius 2 is 1.79 bits per heavy atom. The van der Waals surface area contributed by atoms with Gasteiger partial charge in [0.05, 0.1) is 17.6 Å². The third-order valence-electron chi connectivity index (χ3n) is 6.36. The van der Waals surface area contributed by atoms with Crippen molar-refractivity contribution in [1.82, 2.24) is 9.55 Å². The summed E-state index contributed by atoms with van der Waals surface area (Å²) in [5, 5.41) is 1.21. The molecule has 0 radical (unpaired) electrons. The maximum atomic E-state index is 13.1. The molecule has 6 rings (SSSR count). The van der Waals surface area contributed by atoms with Crippen molar-refractivity contribution in [1.29, 1.82) is 0 Å². The van der Waals surface area contributed by atoms with Gasteiger partial charge in [-0.2, -0.15) is 0 Å². The zero-order valence-corrected chi connectivity index (χ0v) is 19.7. The monoisotopic (exact) mass is 493 g/mol. The van der Waals surface area contributed by atoms with E-state index in [0.717, 1.165) is 28.1 Å². The van der Waals surface area contributed by atoms with Crippen molar-refractivity contribution in [3.63, 3.8) is 0 Å². The third kappa shape index (κ3) is 3.77. The number of aromatic nitrogens is 2. The Labute approximate surface area is 206 Å². The van der Waals surface area contributed by atoms with E-state index in [1.807, 2.05) is 59.5 Å². The Kier molecular flexibility index (Phi) is 5.35. The van der Waals surface area contributed by atoms with Crippen molar-refractivity contribution in [2.24, 2.45) is 0 Å². The Bertz CT molecular complexity index is 1420. The molecule has 0 saturated carbocycles. The van der Waals surface area contributed by atoms with Gasteiger partial charge in [-0.05, 0) is 42.0 Å². The highest BCUT2D eigenvalue weighted by Crippen LogP contribution is 2.38. The maximum absolute atomic E-state index is 13.1. The van der Waals surface area contributed by atoms with E-state index in [0.29, 0.717) is 54.3 Å². The number of hydrogen-bond donors (Lipinski definition) is 0. The highest BCUT2D eigenvalue weighted by atomic mass is 35.5. The van der Waals surface area contributed by atoms with Gasteiger partial charge in [0.15, 0.2) is 11.5 Å². The van der Waals surface area contributed by atoms with Crippen LogP contribution in [0.3, 0.4) is 0 Å². The summed E-state index contributed by atoms with van der Waals surface area (Å²) >= 11 is 12.6. The molecule has 0 bridgehead atoms. The number of rotatable bonds is 4. The molecule has 0 spiro atoms. The third-order valence-corrected chi connectivity index (χ3v) is 6.94. The highest BCUT2D eigenvalue weighted by Gasteiger charge is 2.35. The van der Waals surface area contributed by atoms with Crippen LogP contribution in [0.15, 0.2) is 60.7 Å². The normalized spacial score (nSPS) is 17.5. The molecule has 1 saturated heterocycles. The minimum atomic E-state index is -0.0563. The first-order valence-electron chi connectivity index (χ1n) is 11.2. The minimum Gasteiger partial charge on any atom is -0.486 e. The van der Waals surface area contributed by atoms with Gasteiger partial charge in [-0.1, -0.05) is 41.4 Å². The molecule has 172 valence electrons. The fraction of sp³-hybridized carbons (Fsp3) is 0.231. The standard InChI is InChI=1S/C26H21Cl2N3O3/c27-18-6-5-16(20(28)12-18)14-31-22-4-2-1-3-21(22)29-26(31)17-11-25(32)30(15-17)19-7-8-23-24(13-19)34-10-9-33-23/h1-8,12-13,17H,9-11,14-15H2. The molecule has 6 nitrogen and oxygen atoms in total. The second kappa shape index (κ2) is 8.53. The lowest BCUT2D eigenvalue weighted by molar-refractivity contribution is -0.117. The van der Waals surface area contributed by atoms with Crippen LogP contribution in [0.1, 0.15) is 23.7 Å². The first kappa shape index (κ1) is 21.3. The van der Waals surface area contributed by atoms with Gasteiger partial charge in [0.2, 0.25) is 5.91 Å². The average Bonchev–Trinajstić information content (AvgIpc) is 3.41. The number of benzene rings is 3. The first-order valence-corrected chi connectivity index (χ1v) is 11.9. The smallest absolute Gasteiger partial charge is 0.227 e. The highest BCUT2D eigenvalue weighted by molar-refractivity contribution is 6.35. The van der Waals surface area contributed by atoms with E-state index >= 15 is 0 Å². The summed E-state index contributed by atoms with van der Waals surface area (Å²) in [4.78, 5) is 19.8. The summed E-state index contributed by atoms with van der Waals surface area (Å²) < 4.78 is 13.5. The van der Waals surface area contributed by atoms with Crippen molar-refractivity contribution in [3.8, 4) is 11.5 Å². The van der Waals surface area contributed by atoms with Gasteiger partial charge in [-0.25, -0.2) is 4.98 Å². The van der Waals surface area contributed by atoms with Crippen LogP contribution < -0.4 is 14.4 Å². The van der Waals surface area contributed by atoms with Crippen LogP contribution in [0.25, 0.3) is 11.0 Å². The minimum absolute atomic E-state index is 0.0563. The number of para-hydroxylation sites is 2. The molecule has 1 aromatic heterocycles. The second-order valence-electron chi connectivity index (χ2n) is 8.51. The number of fused-ring (bicyclic) bond motifs is 2. The molecule has 1 atom stereocenters. The molecule has 3 aromatic carbocycles. The van der Waals surface area contributed by atoms with Crippen molar-refractivity contribution in [2.45, 2.75) is 18.9 Å². The summed E-state index contributed by atoms with van der Waals surface area (Å²) in [5.41, 5.74) is 3.66. The van der Waals surface area contributed by atoms with Gasteiger partial charge < -0.3 is 18.9 Å². The molecule has 34 heavy (non-hydrogen) atoms. The van der Waals surface area contributed by atoms with E-state index in [4.69, 9.17) is 37.7 Å². The number of nitrogens with zero attached hydrogens (tertiary/aromatic N) is 3. The number of hydrogen-bond acceptors (Lipinski definition) is 4. The zero-order valence-electron chi connectivity index (χ0n) is 18.2. The lowest BCUT2D eigenvalue weighted by Crippen LogP contribution is -2.25. The molecule has 3 heterocycles. The van der Waals surface area contributed by atoms with Gasteiger partial charge in [0, 0.05) is 40.7 Å². The molecule has 1 fully saturated rings. The summed E-state index contributed by atoms with van der Waals surface area (Å²) in [6, 6.07) is 19.2. The molecule has 1 amide bonds. The number of carbonyl (C=O) groups is 1. The van der Waals surface area contributed by atoms with Crippen LogP contribution in [-0.4, -0.2) is 35.2 Å². The number of ether oxygens (including phenoxy) is 2. The molecular formula is C26H21Cl2N3O3. The van der Waals surface area contributed by atoms with Crippen LogP contribution in [0.4, 0.5) is 5.69 Å². The number of anilines is 1. The summed E-state index contributed by atoms with van der Waals surface area (Å²) in [6.45, 7) is 2.12. The van der Waals surface area contributed by atoms with Crippen LogP contribution in [0, 0.1) is 0 Å². The number of imidazole rings is 1. The lowest BCUT2D eigenvalue weighted by atomic mass is 10.1. The van der Waals surface area contributed by atoms with E-state index in [1.54, 1.807) is 6.07 Å². The summed E-state index contributed by atoms with van der Waals surface area (Å²) in [7, 11) is 0. The second-order valence-corrected chi connectivity index (χ2v) is 9.36. The van der Waals surface area contributed by atoms with Gasteiger partial charge >= 0.3 is 0 Å². The van der Waals surface area contributed by atoms with Gasteiger partial charge in [-0.3, -0.25) is 4.79 Å². The molecule has 0 aliphatic carbocycles. The number of carbonyl (C=O) groups excluding carboxylic acids is 1. The Balaban J connectivity index is 1.35. The quantitative estimate of drug-likeness (QED) is 0.366. The zero-order chi connectivity index (χ0) is 23.2. The molecule has 8 heteroatoms. The van der Waals surface area contributed by atoms with Gasteiger partial charge in [0.1, 0.15) is 19.0 Å². The predicted octanol–water partition coefficient (Wildman–Crippen LogP) is 5.68. The maximum Gasteiger partial charge on any atom is 0.227 e. The van der Waals surface area contributed by atoms with E-state index in [-0.39, 0.29) is 11.8 Å². The van der Waals surface area contributed by atoms with Crippen LogP contribution >= 0.6 is 23.2 Å². The molecule has 0 N–H and O–H groups in total. The van der Waals surface area contributed by atoms with Crippen LogP contribution in [-0.2, 0) is 11.3 Å². The lowest BCUT2D eigenvalue weighted by Gasteiger charge is -2.22. The average molecular weight is 494 g/mol. The fourth-order valence-electron chi connectivity index (χ4n) is 4.72. The van der Waals surface area contributed by atoms with Crippen LogP contribution in [0.5, 0.6) is 11.5 Å². The van der Waals surface area contributed by atoms with Crippen molar-refractivity contribution < 1.29 is 14.3 Å². The van der Waals surface area contributed by atoms with E-state index in [1.165, 1.54) is 0 Å². The van der Waals surface area contributed by atoms with Gasteiger partial charge in [0.25, 0.3) is 0 Å². The summed E-state index contributed by atoms with van der Waals surface area (Å²) in [5.74, 6) is 2.26. The fourth-order valence-corrected chi connectivity index (χ4v) is 5.19. The first-order chi connectivity index (χ1) is 16.6. The molecule has 2 aliphatic rings. The van der Waals surface area contributed by atoms with Crippen molar-refractivity contribution in [3.05, 3.63) is 82.1 Å². The SMILES string of the molecule is O=C1CC(c2nc3ccccc3n2Cc2ccc(Cl)cc2Cl)CN1c1ccc2c(c1)OCCO2. The Morgan fingerprint density at radius 1 is 0.971 bits per heavy atom. The molecular weight excluding hydrogens is 473 g/mol.